The Kier molecular flexibility index (Phi) is 6.63. The third-order valence-corrected chi connectivity index (χ3v) is 6.30. The summed E-state index contributed by atoms with van der Waals surface area (Å²) in [6.45, 7) is 2.88. The van der Waals surface area contributed by atoms with E-state index in [-0.39, 0.29) is 23.1 Å². The summed E-state index contributed by atoms with van der Waals surface area (Å²) in [4.78, 5) is 23.5. The second-order valence-electron chi connectivity index (χ2n) is 6.64. The first-order valence-electron chi connectivity index (χ1n) is 9.19. The molecule has 8 nitrogen and oxygen atoms in total. The molecule has 0 aromatic heterocycles. The van der Waals surface area contributed by atoms with Crippen LogP contribution in [0.5, 0.6) is 0 Å². The molecule has 0 aliphatic carbocycles. The molecule has 0 bridgehead atoms. The number of nitrogens with one attached hydrogen (secondary N) is 2. The van der Waals surface area contributed by atoms with Gasteiger partial charge < -0.3 is 15.4 Å². The molecule has 2 aromatic carbocycles. The molecule has 3 rings (SSSR count). The summed E-state index contributed by atoms with van der Waals surface area (Å²) in [5.74, 6) is -0.379. The van der Waals surface area contributed by atoms with Crippen LogP contribution in [-0.4, -0.2) is 50.8 Å². The fourth-order valence-corrected chi connectivity index (χ4v) is 4.35. The summed E-state index contributed by atoms with van der Waals surface area (Å²) in [6, 6.07) is 13.1. The third kappa shape index (κ3) is 5.63. The van der Waals surface area contributed by atoms with Crippen molar-refractivity contribution >= 4 is 33.2 Å². The molecule has 0 saturated carbocycles. The normalized spacial score (nSPS) is 14.9. The Morgan fingerprint density at radius 1 is 0.931 bits per heavy atom. The van der Waals surface area contributed by atoms with Gasteiger partial charge in [0.05, 0.1) is 24.5 Å². The van der Waals surface area contributed by atoms with Gasteiger partial charge in [0.15, 0.2) is 0 Å². The van der Waals surface area contributed by atoms with Crippen LogP contribution in [0.2, 0.25) is 0 Å². The van der Waals surface area contributed by atoms with E-state index in [0.717, 1.165) is 5.56 Å². The molecule has 154 valence electrons. The molecule has 9 heteroatoms. The first-order chi connectivity index (χ1) is 13.8. The minimum atomic E-state index is -3.56. The lowest BCUT2D eigenvalue weighted by Crippen LogP contribution is -2.40. The van der Waals surface area contributed by atoms with Gasteiger partial charge in [-0.25, -0.2) is 8.42 Å². The number of anilines is 2. The minimum Gasteiger partial charge on any atom is -0.379 e. The summed E-state index contributed by atoms with van der Waals surface area (Å²) in [5.41, 5.74) is 1.98. The second kappa shape index (κ2) is 9.17. The number of rotatable bonds is 6. The highest BCUT2D eigenvalue weighted by Gasteiger charge is 2.26. The zero-order valence-corrected chi connectivity index (χ0v) is 16.9. The van der Waals surface area contributed by atoms with Gasteiger partial charge in [-0.3, -0.25) is 9.59 Å². The van der Waals surface area contributed by atoms with Gasteiger partial charge in [0, 0.05) is 31.4 Å². The zero-order valence-electron chi connectivity index (χ0n) is 16.1. The smallest absolute Gasteiger partial charge is 0.243 e. The van der Waals surface area contributed by atoms with Crippen molar-refractivity contribution < 1.29 is 22.7 Å². The summed E-state index contributed by atoms with van der Waals surface area (Å²) in [6.07, 6.45) is 0.161. The second-order valence-corrected chi connectivity index (χ2v) is 8.58. The lowest BCUT2D eigenvalue weighted by molar-refractivity contribution is -0.116. The van der Waals surface area contributed by atoms with Crippen molar-refractivity contribution in [1.29, 1.82) is 0 Å². The molecule has 0 unspecified atom stereocenters. The number of carbonyl (C=O) groups excluding carboxylic acids is 2. The molecule has 1 fully saturated rings. The maximum Gasteiger partial charge on any atom is 0.243 e. The van der Waals surface area contributed by atoms with Gasteiger partial charge in [-0.05, 0) is 42.0 Å². The fourth-order valence-electron chi connectivity index (χ4n) is 2.95. The zero-order chi connectivity index (χ0) is 20.9. The van der Waals surface area contributed by atoms with Gasteiger partial charge in [-0.1, -0.05) is 12.1 Å². The summed E-state index contributed by atoms with van der Waals surface area (Å²) in [5, 5.41) is 5.43. The third-order valence-electron chi connectivity index (χ3n) is 4.38. The molecule has 1 aliphatic heterocycles. The van der Waals surface area contributed by atoms with Crippen LogP contribution >= 0.6 is 0 Å². The lowest BCUT2D eigenvalue weighted by Gasteiger charge is -2.26. The average molecular weight is 417 g/mol. The molecule has 0 radical (unpaired) electrons. The molecule has 1 aliphatic rings. The number of hydrogen-bond acceptors (Lipinski definition) is 5. The van der Waals surface area contributed by atoms with Gasteiger partial charge in [0.25, 0.3) is 0 Å². The number of nitrogens with zero attached hydrogens (tertiary/aromatic N) is 1. The van der Waals surface area contributed by atoms with Crippen molar-refractivity contribution in [3.63, 3.8) is 0 Å². The molecule has 2 N–H and O–H groups in total. The van der Waals surface area contributed by atoms with Crippen LogP contribution in [0.25, 0.3) is 0 Å². The summed E-state index contributed by atoms with van der Waals surface area (Å²) in [7, 11) is -3.56. The van der Waals surface area contributed by atoms with Crippen LogP contribution in [0, 0.1) is 0 Å². The average Bonchev–Trinajstić information content (AvgIpc) is 2.70. The van der Waals surface area contributed by atoms with Crippen molar-refractivity contribution in [2.75, 3.05) is 36.9 Å². The summed E-state index contributed by atoms with van der Waals surface area (Å²) < 4.78 is 31.8. The maximum atomic E-state index is 12.6. The van der Waals surface area contributed by atoms with Crippen LogP contribution in [0.3, 0.4) is 0 Å². The molecule has 29 heavy (non-hydrogen) atoms. The highest BCUT2D eigenvalue weighted by molar-refractivity contribution is 7.89. The molecule has 0 spiro atoms. The van der Waals surface area contributed by atoms with Crippen molar-refractivity contribution in [1.82, 2.24) is 4.31 Å². The topological polar surface area (TPSA) is 105 Å². The predicted octanol–water partition coefficient (Wildman–Crippen LogP) is 1.85. The van der Waals surface area contributed by atoms with E-state index in [1.807, 2.05) is 0 Å². The number of benzene rings is 2. The molecular weight excluding hydrogens is 394 g/mol. The molecular formula is C20H23N3O5S. The molecule has 2 amide bonds. The Bertz CT molecular complexity index is 966. The van der Waals surface area contributed by atoms with Crippen LogP contribution in [0.15, 0.2) is 53.4 Å². The van der Waals surface area contributed by atoms with Crippen LogP contribution in [0.4, 0.5) is 11.4 Å². The minimum absolute atomic E-state index is 0.158. The Balaban J connectivity index is 1.59. The molecule has 1 heterocycles. The Morgan fingerprint density at radius 3 is 2.07 bits per heavy atom. The number of sulfonamides is 1. The highest BCUT2D eigenvalue weighted by Crippen LogP contribution is 2.19. The number of ether oxygens (including phenoxy) is 1. The Morgan fingerprint density at radius 2 is 1.48 bits per heavy atom. The van der Waals surface area contributed by atoms with Crippen molar-refractivity contribution in [2.24, 2.45) is 0 Å². The number of morpholine rings is 1. The van der Waals surface area contributed by atoms with Crippen LogP contribution in [-0.2, 0) is 30.8 Å². The first-order valence-corrected chi connectivity index (χ1v) is 10.6. The number of amides is 2. The van der Waals surface area contributed by atoms with Crippen molar-refractivity contribution in [3.8, 4) is 0 Å². The van der Waals surface area contributed by atoms with Gasteiger partial charge in [0.2, 0.25) is 21.8 Å². The van der Waals surface area contributed by atoms with E-state index >= 15 is 0 Å². The van der Waals surface area contributed by atoms with Crippen LogP contribution < -0.4 is 10.6 Å². The monoisotopic (exact) mass is 417 g/mol. The van der Waals surface area contributed by atoms with Crippen molar-refractivity contribution in [3.05, 3.63) is 54.1 Å². The van der Waals surface area contributed by atoms with Crippen LogP contribution in [0.1, 0.15) is 12.5 Å². The Hall–Kier alpha value is -2.75. The van der Waals surface area contributed by atoms with Gasteiger partial charge in [0.1, 0.15) is 0 Å². The first kappa shape index (κ1) is 21.0. The van der Waals surface area contributed by atoms with E-state index in [4.69, 9.17) is 4.74 Å². The van der Waals surface area contributed by atoms with E-state index in [0.29, 0.717) is 37.7 Å². The van der Waals surface area contributed by atoms with Crippen molar-refractivity contribution in [2.45, 2.75) is 18.2 Å². The number of hydrogen-bond donors (Lipinski definition) is 2. The standard InChI is InChI=1S/C20H23N3O5S/c1-15(24)21-17-4-2-16(3-5-17)14-20(25)22-18-6-8-19(9-7-18)29(26,27)23-10-12-28-13-11-23/h2-9H,10-14H2,1H3,(H,21,24)(H,22,25). The molecule has 1 saturated heterocycles. The van der Waals surface area contributed by atoms with Gasteiger partial charge >= 0.3 is 0 Å². The van der Waals surface area contributed by atoms with E-state index in [1.165, 1.54) is 23.4 Å². The SMILES string of the molecule is CC(=O)Nc1ccc(CC(=O)Nc2ccc(S(=O)(=O)N3CCOCC3)cc2)cc1. The van der Waals surface area contributed by atoms with E-state index in [1.54, 1.807) is 36.4 Å². The van der Waals surface area contributed by atoms with E-state index in [9.17, 15) is 18.0 Å². The highest BCUT2D eigenvalue weighted by atomic mass is 32.2. The quantitative estimate of drug-likeness (QED) is 0.746. The van der Waals surface area contributed by atoms with E-state index < -0.39 is 10.0 Å². The maximum absolute atomic E-state index is 12.6. The molecule has 0 atom stereocenters. The fraction of sp³-hybridized carbons (Fsp3) is 0.300. The largest absolute Gasteiger partial charge is 0.379 e. The summed E-state index contributed by atoms with van der Waals surface area (Å²) >= 11 is 0. The number of carbonyl (C=O) groups is 2. The molecule has 2 aromatic rings. The predicted molar refractivity (Wildman–Crippen MR) is 109 cm³/mol. The lowest BCUT2D eigenvalue weighted by atomic mass is 10.1. The van der Waals surface area contributed by atoms with E-state index in [2.05, 4.69) is 10.6 Å². The Labute approximate surface area is 169 Å². The van der Waals surface area contributed by atoms with Gasteiger partial charge in [-0.15, -0.1) is 0 Å². The van der Waals surface area contributed by atoms with Gasteiger partial charge in [-0.2, -0.15) is 4.31 Å².